The van der Waals surface area contributed by atoms with Crippen molar-refractivity contribution in [2.45, 2.75) is 23.9 Å². The van der Waals surface area contributed by atoms with Gasteiger partial charge in [0.05, 0.1) is 39.0 Å². The summed E-state index contributed by atoms with van der Waals surface area (Å²) < 4.78 is 65.4. The third-order valence-electron chi connectivity index (χ3n) is 7.66. The average molecular weight is 680 g/mol. The summed E-state index contributed by atoms with van der Waals surface area (Å²) >= 11 is 0. The van der Waals surface area contributed by atoms with Crippen LogP contribution in [0.3, 0.4) is 0 Å². The van der Waals surface area contributed by atoms with E-state index in [1.807, 2.05) is 30.3 Å². The molecule has 0 saturated carbocycles. The van der Waals surface area contributed by atoms with E-state index in [2.05, 4.69) is 5.32 Å². The molecule has 4 rings (SSSR count). The maximum atomic E-state index is 14.6. The number of nitrogens with one attached hydrogen (secondary N) is 1. The number of hydrogen-bond acceptors (Lipinski definition) is 8. The number of likely N-dealkylation sites (N-methyl/N-ethyl adjacent to an activating group) is 1. The van der Waals surface area contributed by atoms with E-state index in [0.717, 1.165) is 9.87 Å². The zero-order chi connectivity index (χ0) is 34.8. The Hall–Kier alpha value is -5.30. The molecule has 1 N–H and O–H groups in total. The van der Waals surface area contributed by atoms with Gasteiger partial charge in [0.1, 0.15) is 29.9 Å². The first-order chi connectivity index (χ1) is 23.1. The maximum Gasteiger partial charge on any atom is 0.265 e. The average Bonchev–Trinajstić information content (AvgIpc) is 3.12. The number of benzene rings is 4. The Morgan fingerprint density at radius 3 is 2.02 bits per heavy atom. The molecule has 0 bridgehead atoms. The second-order valence-corrected chi connectivity index (χ2v) is 12.4. The van der Waals surface area contributed by atoms with E-state index in [0.29, 0.717) is 17.1 Å². The van der Waals surface area contributed by atoms with Gasteiger partial charge in [-0.1, -0.05) is 42.5 Å². The molecule has 0 aliphatic carbocycles. The zero-order valence-electron chi connectivity index (χ0n) is 27.3. The van der Waals surface area contributed by atoms with E-state index in [4.69, 9.17) is 18.9 Å². The molecule has 0 saturated heterocycles. The van der Waals surface area contributed by atoms with Gasteiger partial charge in [-0.05, 0) is 47.5 Å². The molecule has 48 heavy (non-hydrogen) atoms. The van der Waals surface area contributed by atoms with Crippen LogP contribution in [0.5, 0.6) is 23.0 Å². The fourth-order valence-corrected chi connectivity index (χ4v) is 6.55. The van der Waals surface area contributed by atoms with Gasteiger partial charge in [-0.3, -0.25) is 13.9 Å². The van der Waals surface area contributed by atoms with Crippen LogP contribution in [-0.4, -0.2) is 73.2 Å². The summed E-state index contributed by atoms with van der Waals surface area (Å²) in [7, 11) is 2.52. The number of nitrogens with zero attached hydrogens (tertiary/aromatic N) is 2. The van der Waals surface area contributed by atoms with Crippen LogP contribution < -0.4 is 28.6 Å². The van der Waals surface area contributed by atoms with Gasteiger partial charge in [0.2, 0.25) is 11.8 Å². The largest absolute Gasteiger partial charge is 0.497 e. The highest BCUT2D eigenvalue weighted by Crippen LogP contribution is 2.38. The molecule has 0 aliphatic heterocycles. The predicted molar refractivity (Wildman–Crippen MR) is 179 cm³/mol. The molecule has 11 nitrogen and oxygen atoms in total. The predicted octanol–water partition coefficient (Wildman–Crippen LogP) is 4.44. The highest BCUT2D eigenvalue weighted by molar-refractivity contribution is 7.92. The Kier molecular flexibility index (Phi) is 11.9. The van der Waals surface area contributed by atoms with Crippen molar-refractivity contribution in [3.8, 4) is 23.0 Å². The summed E-state index contributed by atoms with van der Waals surface area (Å²) in [6.45, 7) is -0.868. The number of anilines is 1. The molecule has 0 spiro atoms. The molecule has 254 valence electrons. The van der Waals surface area contributed by atoms with Crippen molar-refractivity contribution in [2.24, 2.45) is 0 Å². The van der Waals surface area contributed by atoms with Gasteiger partial charge in [0.15, 0.2) is 11.5 Å². The lowest BCUT2D eigenvalue weighted by molar-refractivity contribution is -0.139. The van der Waals surface area contributed by atoms with E-state index in [1.54, 1.807) is 6.07 Å². The van der Waals surface area contributed by atoms with Crippen molar-refractivity contribution >= 4 is 27.5 Å². The number of ether oxygens (including phenoxy) is 4. The highest BCUT2D eigenvalue weighted by Gasteiger charge is 2.36. The lowest BCUT2D eigenvalue weighted by Crippen LogP contribution is -2.53. The summed E-state index contributed by atoms with van der Waals surface area (Å²) in [6, 6.07) is 22.2. The Labute approximate surface area is 279 Å². The van der Waals surface area contributed by atoms with E-state index in [9.17, 15) is 22.4 Å². The summed E-state index contributed by atoms with van der Waals surface area (Å²) in [5, 5.41) is 2.63. The number of methoxy groups -OCH3 is 4. The molecule has 0 aliphatic rings. The van der Waals surface area contributed by atoms with E-state index >= 15 is 0 Å². The Morgan fingerprint density at radius 2 is 1.42 bits per heavy atom. The molecular weight excluding hydrogens is 641 g/mol. The van der Waals surface area contributed by atoms with Gasteiger partial charge in [-0.2, -0.15) is 0 Å². The van der Waals surface area contributed by atoms with Crippen LogP contribution in [-0.2, 0) is 32.6 Å². The lowest BCUT2D eigenvalue weighted by atomic mass is 10.0. The number of rotatable bonds is 15. The molecule has 0 radical (unpaired) electrons. The van der Waals surface area contributed by atoms with Gasteiger partial charge in [-0.25, -0.2) is 12.8 Å². The minimum Gasteiger partial charge on any atom is -0.497 e. The van der Waals surface area contributed by atoms with Crippen LogP contribution in [0.2, 0.25) is 0 Å². The minimum absolute atomic E-state index is 0.0151. The number of hydrogen-bond donors (Lipinski definition) is 1. The highest BCUT2D eigenvalue weighted by atomic mass is 32.2. The van der Waals surface area contributed by atoms with Gasteiger partial charge < -0.3 is 29.2 Å². The molecule has 13 heteroatoms. The monoisotopic (exact) mass is 679 g/mol. The molecule has 0 unspecified atom stereocenters. The summed E-state index contributed by atoms with van der Waals surface area (Å²) in [5.41, 5.74) is 1.31. The van der Waals surface area contributed by atoms with Gasteiger partial charge in [0, 0.05) is 32.1 Å². The Bertz CT molecular complexity index is 1820. The summed E-state index contributed by atoms with van der Waals surface area (Å²) in [4.78, 5) is 29.1. The van der Waals surface area contributed by atoms with Crippen molar-refractivity contribution in [1.29, 1.82) is 0 Å². The Morgan fingerprint density at radius 1 is 0.771 bits per heavy atom. The number of halogens is 1. The van der Waals surface area contributed by atoms with Crippen LogP contribution in [0.25, 0.3) is 0 Å². The first-order valence-corrected chi connectivity index (χ1v) is 16.3. The molecule has 0 aromatic heterocycles. The number of carbonyl (C=O) groups excluding carboxylic acids is 2. The van der Waals surface area contributed by atoms with Crippen molar-refractivity contribution in [3.63, 3.8) is 0 Å². The standard InChI is InChI=1S/C35H38FN3O8S/c1-37-35(41)30(19-24-9-7-6-8-10-24)38(22-25-11-13-26(36)14-12-25)34(40)23-39(29-20-27(44-2)15-17-31(29)45-3)48(42,43)28-16-18-32(46-4)33(21-28)47-5/h6-18,20-21,30H,19,22-23H2,1-5H3,(H,37,41)/t30-/m0/s1. The fraction of sp³-hybridized carbons (Fsp3) is 0.257. The van der Waals surface area contributed by atoms with Crippen LogP contribution in [0, 0.1) is 5.82 Å². The number of amides is 2. The SMILES string of the molecule is CNC(=O)[C@H](Cc1ccccc1)N(Cc1ccc(F)cc1)C(=O)CN(c1cc(OC)ccc1OC)S(=O)(=O)c1ccc(OC)c(OC)c1. The first-order valence-electron chi connectivity index (χ1n) is 14.8. The molecule has 4 aromatic rings. The third-order valence-corrected chi connectivity index (χ3v) is 9.42. The van der Waals surface area contributed by atoms with Crippen molar-refractivity contribution < 1.29 is 41.3 Å². The van der Waals surface area contributed by atoms with E-state index < -0.39 is 40.2 Å². The normalized spacial score (nSPS) is 11.6. The minimum atomic E-state index is -4.52. The quantitative estimate of drug-likeness (QED) is 0.196. The van der Waals surface area contributed by atoms with E-state index in [1.165, 1.54) is 95.0 Å². The van der Waals surface area contributed by atoms with Crippen molar-refractivity contribution in [3.05, 3.63) is 108 Å². The Balaban J connectivity index is 1.88. The van der Waals surface area contributed by atoms with Crippen LogP contribution in [0.4, 0.5) is 10.1 Å². The second-order valence-electron chi connectivity index (χ2n) is 10.5. The number of carbonyl (C=O) groups is 2. The van der Waals surface area contributed by atoms with E-state index in [-0.39, 0.29) is 35.0 Å². The second kappa shape index (κ2) is 16.0. The fourth-order valence-electron chi connectivity index (χ4n) is 5.12. The first kappa shape index (κ1) is 35.6. The molecule has 0 fully saturated rings. The van der Waals surface area contributed by atoms with Crippen LogP contribution in [0.1, 0.15) is 11.1 Å². The smallest absolute Gasteiger partial charge is 0.265 e. The van der Waals surface area contributed by atoms with Crippen LogP contribution >= 0.6 is 0 Å². The summed E-state index contributed by atoms with van der Waals surface area (Å²) in [5.74, 6) is -0.742. The molecule has 0 heterocycles. The van der Waals surface area contributed by atoms with Crippen molar-refractivity contribution in [2.75, 3.05) is 46.3 Å². The maximum absolute atomic E-state index is 14.6. The third kappa shape index (κ3) is 8.15. The van der Waals surface area contributed by atoms with Crippen LogP contribution in [0.15, 0.2) is 95.9 Å². The van der Waals surface area contributed by atoms with Gasteiger partial charge >= 0.3 is 0 Å². The molecule has 1 atom stereocenters. The molecular formula is C35H38FN3O8S. The topological polar surface area (TPSA) is 124 Å². The van der Waals surface area contributed by atoms with Gasteiger partial charge in [0.25, 0.3) is 10.0 Å². The number of sulfonamides is 1. The molecule has 2 amide bonds. The van der Waals surface area contributed by atoms with Gasteiger partial charge in [-0.15, -0.1) is 0 Å². The lowest BCUT2D eigenvalue weighted by Gasteiger charge is -2.34. The summed E-state index contributed by atoms with van der Waals surface area (Å²) in [6.07, 6.45) is 0.123. The molecule has 4 aromatic carbocycles. The zero-order valence-corrected chi connectivity index (χ0v) is 28.1. The van der Waals surface area contributed by atoms with Crippen molar-refractivity contribution in [1.82, 2.24) is 10.2 Å².